The summed E-state index contributed by atoms with van der Waals surface area (Å²) in [5.41, 5.74) is 1.03. The first-order chi connectivity index (χ1) is 19.2. The number of esters is 1. The van der Waals surface area contributed by atoms with Crippen molar-refractivity contribution >= 4 is 37.4 Å². The van der Waals surface area contributed by atoms with Gasteiger partial charge >= 0.3 is 5.97 Å². The molecule has 0 spiro atoms. The molecule has 1 heterocycles. The van der Waals surface area contributed by atoms with Crippen LogP contribution in [0.2, 0.25) is 0 Å². The van der Waals surface area contributed by atoms with Crippen LogP contribution in [0.15, 0.2) is 108 Å². The van der Waals surface area contributed by atoms with Crippen molar-refractivity contribution in [2.45, 2.75) is 35.9 Å². The smallest absolute Gasteiger partial charge is 0.333 e. The molecule has 0 aliphatic carbocycles. The third-order valence-corrected chi connectivity index (χ3v) is 9.69. The molecular formula is C29H28N2O7S2. The van der Waals surface area contributed by atoms with Gasteiger partial charge in [0.2, 0.25) is 14.8 Å². The van der Waals surface area contributed by atoms with Crippen LogP contribution in [0.25, 0.3) is 0 Å². The maximum Gasteiger partial charge on any atom is 0.333 e. The minimum Gasteiger partial charge on any atom is -0.484 e. The van der Waals surface area contributed by atoms with E-state index in [2.05, 4.69) is 11.9 Å². The van der Waals surface area contributed by atoms with Crippen LogP contribution in [-0.2, 0) is 34.6 Å². The van der Waals surface area contributed by atoms with Crippen molar-refractivity contribution in [1.82, 2.24) is 10.2 Å². The van der Waals surface area contributed by atoms with E-state index in [1.54, 1.807) is 79.7 Å². The number of benzene rings is 3. The van der Waals surface area contributed by atoms with E-state index in [0.717, 1.165) is 10.5 Å². The molecule has 3 unspecified atom stereocenters. The minimum absolute atomic E-state index is 0.0234. The van der Waals surface area contributed by atoms with Gasteiger partial charge in [-0.2, -0.15) is 0 Å². The van der Waals surface area contributed by atoms with E-state index in [4.69, 9.17) is 9.47 Å². The van der Waals surface area contributed by atoms with Crippen LogP contribution >= 0.6 is 10.8 Å². The highest BCUT2D eigenvalue weighted by atomic mass is 33.1. The molecule has 40 heavy (non-hydrogen) atoms. The van der Waals surface area contributed by atoms with E-state index in [-0.39, 0.29) is 23.7 Å². The fourth-order valence-electron chi connectivity index (χ4n) is 4.01. The molecule has 1 aliphatic heterocycles. The number of carbonyl (C=O) groups excluding carboxylic acids is 3. The van der Waals surface area contributed by atoms with E-state index < -0.39 is 44.1 Å². The van der Waals surface area contributed by atoms with E-state index in [9.17, 15) is 22.8 Å². The van der Waals surface area contributed by atoms with Gasteiger partial charge in [0.1, 0.15) is 23.8 Å². The number of nitrogens with zero attached hydrogens (tertiary/aromatic N) is 1. The summed E-state index contributed by atoms with van der Waals surface area (Å²) in [6.45, 7) is 4.97. The Kier molecular flexibility index (Phi) is 9.28. The molecule has 4 rings (SSSR count). The Morgan fingerprint density at radius 1 is 0.975 bits per heavy atom. The van der Waals surface area contributed by atoms with Gasteiger partial charge in [-0.05, 0) is 42.3 Å². The summed E-state index contributed by atoms with van der Waals surface area (Å²) < 4.78 is 37.4. The molecule has 3 atom stereocenters. The van der Waals surface area contributed by atoms with E-state index in [1.807, 2.05) is 6.07 Å². The largest absolute Gasteiger partial charge is 0.484 e. The lowest BCUT2D eigenvalue weighted by atomic mass is 9.99. The van der Waals surface area contributed by atoms with Gasteiger partial charge in [0.05, 0.1) is 4.90 Å². The zero-order valence-electron chi connectivity index (χ0n) is 21.6. The molecule has 0 saturated carbocycles. The Bertz CT molecular complexity index is 1470. The summed E-state index contributed by atoms with van der Waals surface area (Å²) in [6, 6.07) is 22.8. The van der Waals surface area contributed by atoms with Crippen LogP contribution in [0.4, 0.5) is 0 Å². The van der Waals surface area contributed by atoms with Gasteiger partial charge in [-0.1, -0.05) is 73.3 Å². The van der Waals surface area contributed by atoms with Gasteiger partial charge in [0.15, 0.2) is 12.6 Å². The van der Waals surface area contributed by atoms with Crippen LogP contribution in [0.1, 0.15) is 12.5 Å². The highest BCUT2D eigenvalue weighted by Gasteiger charge is 2.55. The second kappa shape index (κ2) is 12.8. The van der Waals surface area contributed by atoms with Crippen LogP contribution in [0.5, 0.6) is 5.75 Å². The molecule has 0 bridgehead atoms. The second-order valence-electron chi connectivity index (χ2n) is 8.99. The van der Waals surface area contributed by atoms with Crippen molar-refractivity contribution in [3.05, 3.63) is 109 Å². The van der Waals surface area contributed by atoms with E-state index >= 15 is 0 Å². The zero-order valence-corrected chi connectivity index (χ0v) is 23.3. The monoisotopic (exact) mass is 580 g/mol. The van der Waals surface area contributed by atoms with Gasteiger partial charge < -0.3 is 19.7 Å². The topological polar surface area (TPSA) is 119 Å². The summed E-state index contributed by atoms with van der Waals surface area (Å²) in [6.07, 6.45) is 0. The molecule has 1 aliphatic rings. The molecule has 0 aromatic heterocycles. The maximum absolute atomic E-state index is 13.3. The highest BCUT2D eigenvalue weighted by molar-refractivity contribution is 8.72. The number of rotatable bonds is 12. The summed E-state index contributed by atoms with van der Waals surface area (Å²) in [4.78, 5) is 40.3. The predicted molar refractivity (Wildman–Crippen MR) is 151 cm³/mol. The molecule has 3 aromatic rings. The Morgan fingerprint density at radius 3 is 2.15 bits per heavy atom. The Labute approximate surface area is 236 Å². The average molecular weight is 581 g/mol. The molecule has 11 heteroatoms. The lowest BCUT2D eigenvalue weighted by molar-refractivity contribution is -0.163. The lowest BCUT2D eigenvalue weighted by Gasteiger charge is -2.49. The summed E-state index contributed by atoms with van der Waals surface area (Å²) >= 11 is 0. The van der Waals surface area contributed by atoms with E-state index in [1.165, 1.54) is 12.1 Å². The number of hydrogen-bond acceptors (Lipinski definition) is 8. The first-order valence-electron chi connectivity index (χ1n) is 12.3. The Balaban J connectivity index is 1.54. The van der Waals surface area contributed by atoms with Crippen molar-refractivity contribution in [2.24, 2.45) is 0 Å². The zero-order chi connectivity index (χ0) is 28.7. The van der Waals surface area contributed by atoms with Crippen molar-refractivity contribution in [1.29, 1.82) is 0 Å². The maximum atomic E-state index is 13.3. The molecule has 1 N–H and O–H groups in total. The lowest BCUT2D eigenvalue weighted by Crippen LogP contribution is -2.73. The van der Waals surface area contributed by atoms with Gasteiger partial charge in [-0.25, -0.2) is 13.2 Å². The average Bonchev–Trinajstić information content (AvgIpc) is 2.97. The third-order valence-electron chi connectivity index (χ3n) is 5.96. The van der Waals surface area contributed by atoms with Crippen molar-refractivity contribution in [3.63, 3.8) is 0 Å². The number of nitrogens with one attached hydrogen (secondary N) is 1. The van der Waals surface area contributed by atoms with Gasteiger partial charge in [-0.15, -0.1) is 0 Å². The molecule has 1 fully saturated rings. The molecule has 1 saturated heterocycles. The van der Waals surface area contributed by atoms with Crippen molar-refractivity contribution in [3.8, 4) is 5.75 Å². The summed E-state index contributed by atoms with van der Waals surface area (Å²) in [7, 11) is -3.51. The molecule has 3 aromatic carbocycles. The van der Waals surface area contributed by atoms with Gasteiger partial charge in [-0.3, -0.25) is 9.59 Å². The first-order valence-corrected chi connectivity index (χ1v) is 15.2. The van der Waals surface area contributed by atoms with Crippen molar-refractivity contribution < 1.29 is 32.3 Å². The van der Waals surface area contributed by atoms with Crippen LogP contribution < -0.4 is 10.1 Å². The summed E-state index contributed by atoms with van der Waals surface area (Å²) in [5.74, 6) is -1.56. The predicted octanol–water partition coefficient (Wildman–Crippen LogP) is 3.53. The first kappa shape index (κ1) is 28.9. The number of amides is 2. The fraction of sp³-hybridized carbons (Fsp3) is 0.207. The van der Waals surface area contributed by atoms with Crippen LogP contribution in [0.3, 0.4) is 0 Å². The SMILES string of the molecule is C=C(C)C(C(=O)OCc1ccccc1)N1C(=O)C(NC(=O)COc2ccccc2)C1SS(=O)(=O)c1ccccc1. The van der Waals surface area contributed by atoms with Crippen LogP contribution in [0, 0.1) is 0 Å². The number of carbonyl (C=O) groups is 3. The molecule has 2 amide bonds. The highest BCUT2D eigenvalue weighted by Crippen LogP contribution is 2.39. The molecule has 0 radical (unpaired) electrons. The Hall–Kier alpha value is -4.09. The number of para-hydroxylation sites is 1. The Morgan fingerprint density at radius 2 is 1.55 bits per heavy atom. The second-order valence-corrected chi connectivity index (χ2v) is 12.9. The third kappa shape index (κ3) is 6.91. The number of ether oxygens (including phenoxy) is 2. The summed E-state index contributed by atoms with van der Waals surface area (Å²) in [5, 5.41) is 1.42. The number of hydrogen-bond donors (Lipinski definition) is 1. The normalized spacial score (nSPS) is 17.3. The number of likely N-dealkylation sites (tertiary alicyclic amines) is 1. The van der Waals surface area contributed by atoms with Gasteiger partial charge in [0.25, 0.3) is 5.91 Å². The molecule has 208 valence electrons. The minimum atomic E-state index is -3.98. The fourth-order valence-corrected chi connectivity index (χ4v) is 7.54. The number of β-lactam (4-membered cyclic amide) rings is 1. The molecular weight excluding hydrogens is 552 g/mol. The molecule has 9 nitrogen and oxygen atoms in total. The van der Waals surface area contributed by atoms with Gasteiger partial charge in [0, 0.05) is 10.8 Å². The van der Waals surface area contributed by atoms with Crippen molar-refractivity contribution in [2.75, 3.05) is 6.61 Å². The van der Waals surface area contributed by atoms with E-state index in [0.29, 0.717) is 16.5 Å². The van der Waals surface area contributed by atoms with Crippen LogP contribution in [-0.4, -0.2) is 55.2 Å². The standard InChI is InChI=1S/C29H28N2O7S2/c1-20(2)26(29(34)38-18-21-12-6-3-7-13-21)31-27(33)25(30-24(32)19-37-22-14-8-4-9-15-22)28(31)39-40(35,36)23-16-10-5-11-17-23/h3-17,25-26,28H,1,18-19H2,2H3,(H,30,32). The quantitative estimate of drug-likeness (QED) is 0.150.